The first-order valence-corrected chi connectivity index (χ1v) is 7.37. The van der Waals surface area contributed by atoms with Crippen molar-refractivity contribution in [3.8, 4) is 0 Å². The van der Waals surface area contributed by atoms with Gasteiger partial charge in [-0.2, -0.15) is 10.1 Å². The van der Waals surface area contributed by atoms with E-state index in [-0.39, 0.29) is 23.2 Å². The zero-order valence-electron chi connectivity index (χ0n) is 13.5. The lowest BCUT2D eigenvalue weighted by molar-refractivity contribution is -0.393. The van der Waals surface area contributed by atoms with Crippen LogP contribution in [0.4, 0.5) is 23.1 Å². The van der Waals surface area contributed by atoms with E-state index in [9.17, 15) is 20.2 Å². The predicted octanol–water partition coefficient (Wildman–Crippen LogP) is 2.33. The summed E-state index contributed by atoms with van der Waals surface area (Å²) in [5, 5.41) is 29.9. The molecule has 2 aromatic carbocycles. The van der Waals surface area contributed by atoms with Crippen LogP contribution < -0.4 is 11.2 Å². The molecule has 0 fully saturated rings. The molecule has 0 radical (unpaired) electrons. The first kappa shape index (κ1) is 17.5. The van der Waals surface area contributed by atoms with Gasteiger partial charge in [0.15, 0.2) is 0 Å². The molecule has 0 aliphatic heterocycles. The molecule has 3 N–H and O–H groups in total. The molecular formula is C15H11N7O5. The van der Waals surface area contributed by atoms with E-state index in [4.69, 9.17) is 10.3 Å². The molecule has 0 atom stereocenters. The number of hydrogen-bond donors (Lipinski definition) is 2. The van der Waals surface area contributed by atoms with Crippen molar-refractivity contribution in [2.24, 2.45) is 5.10 Å². The highest BCUT2D eigenvalue weighted by Gasteiger charge is 2.20. The molecule has 0 saturated carbocycles. The number of nitrogens with two attached hydrogens (primary N) is 1. The molecule has 136 valence electrons. The average molecular weight is 369 g/mol. The summed E-state index contributed by atoms with van der Waals surface area (Å²) < 4.78 is 4.75. The van der Waals surface area contributed by atoms with Gasteiger partial charge >= 0.3 is 11.7 Å². The Bertz CT molecular complexity index is 1030. The van der Waals surface area contributed by atoms with Gasteiger partial charge in [0.25, 0.3) is 5.69 Å². The van der Waals surface area contributed by atoms with Crippen LogP contribution >= 0.6 is 0 Å². The van der Waals surface area contributed by atoms with E-state index in [0.29, 0.717) is 5.56 Å². The maximum Gasteiger partial charge on any atom is 0.319 e. The Labute approximate surface area is 150 Å². The van der Waals surface area contributed by atoms with E-state index < -0.39 is 21.2 Å². The van der Waals surface area contributed by atoms with Crippen LogP contribution in [0.1, 0.15) is 11.4 Å². The summed E-state index contributed by atoms with van der Waals surface area (Å²) in [7, 11) is 0. The van der Waals surface area contributed by atoms with Crippen LogP contribution in [0.25, 0.3) is 0 Å². The van der Waals surface area contributed by atoms with Gasteiger partial charge in [-0.1, -0.05) is 35.5 Å². The maximum atomic E-state index is 11.2. The van der Waals surface area contributed by atoms with Crippen molar-refractivity contribution >= 4 is 28.8 Å². The third-order valence-corrected chi connectivity index (χ3v) is 3.38. The van der Waals surface area contributed by atoms with E-state index in [0.717, 1.165) is 12.1 Å². The monoisotopic (exact) mass is 369 g/mol. The van der Waals surface area contributed by atoms with Crippen molar-refractivity contribution < 1.29 is 14.4 Å². The molecule has 12 heteroatoms. The van der Waals surface area contributed by atoms with E-state index in [1.54, 1.807) is 30.3 Å². The first-order chi connectivity index (χ1) is 13.0. The quantitative estimate of drug-likeness (QED) is 0.375. The number of nitro groups is 2. The van der Waals surface area contributed by atoms with Crippen LogP contribution in [-0.2, 0) is 0 Å². The van der Waals surface area contributed by atoms with Crippen molar-refractivity contribution in [2.75, 3.05) is 11.2 Å². The van der Waals surface area contributed by atoms with Gasteiger partial charge < -0.3 is 10.3 Å². The number of hydrazone groups is 1. The molecule has 0 unspecified atom stereocenters. The Hall–Kier alpha value is -4.35. The second-order valence-electron chi connectivity index (χ2n) is 5.11. The van der Waals surface area contributed by atoms with Gasteiger partial charge in [-0.25, -0.2) is 0 Å². The lowest BCUT2D eigenvalue weighted by Gasteiger charge is -2.05. The Morgan fingerprint density at radius 3 is 2.44 bits per heavy atom. The summed E-state index contributed by atoms with van der Waals surface area (Å²) in [5.41, 5.74) is 7.81. The van der Waals surface area contributed by atoms with Crippen molar-refractivity contribution in [3.63, 3.8) is 0 Å². The Morgan fingerprint density at radius 1 is 1.11 bits per heavy atom. The number of rotatable bonds is 6. The van der Waals surface area contributed by atoms with Crippen LogP contribution in [0, 0.1) is 20.2 Å². The number of nitrogen functional groups attached to an aromatic ring is 1. The van der Waals surface area contributed by atoms with E-state index in [1.165, 1.54) is 6.07 Å². The van der Waals surface area contributed by atoms with Gasteiger partial charge in [0.1, 0.15) is 11.4 Å². The fourth-order valence-corrected chi connectivity index (χ4v) is 2.17. The van der Waals surface area contributed by atoms with Gasteiger partial charge in [-0.05, 0) is 6.07 Å². The number of nitro benzene ring substituents is 2. The third kappa shape index (κ3) is 3.84. The molecule has 12 nitrogen and oxygen atoms in total. The SMILES string of the molecule is Nc1nc(/C(=N\Nc2ccc([N+](=O)[O-])cc2[N+](=O)[O-])c2ccccc2)no1. The highest BCUT2D eigenvalue weighted by Crippen LogP contribution is 2.29. The van der Waals surface area contributed by atoms with Crippen LogP contribution in [0.5, 0.6) is 0 Å². The van der Waals surface area contributed by atoms with Gasteiger partial charge in [0.05, 0.1) is 15.9 Å². The largest absolute Gasteiger partial charge is 0.351 e. The lowest BCUT2D eigenvalue weighted by atomic mass is 10.1. The average Bonchev–Trinajstić information content (AvgIpc) is 3.08. The smallest absolute Gasteiger partial charge is 0.319 e. The molecule has 27 heavy (non-hydrogen) atoms. The Balaban J connectivity index is 2.02. The molecule has 0 spiro atoms. The standard InChI is InChI=1S/C15H11N7O5/c16-15-17-14(20-27-15)13(9-4-2-1-3-5-9)19-18-11-7-6-10(21(23)24)8-12(11)22(25)26/h1-8,18H,(H2,16,17,20)/b19-13-. The second kappa shape index (κ2) is 7.26. The van der Waals surface area contributed by atoms with Gasteiger partial charge in [0, 0.05) is 11.6 Å². The number of non-ortho nitro benzene ring substituents is 1. The molecule has 1 heterocycles. The van der Waals surface area contributed by atoms with Crippen molar-refractivity contribution in [2.45, 2.75) is 0 Å². The molecule has 3 rings (SSSR count). The minimum atomic E-state index is -0.751. The van der Waals surface area contributed by atoms with E-state index in [2.05, 4.69) is 20.7 Å². The fraction of sp³-hybridized carbons (Fsp3) is 0. The van der Waals surface area contributed by atoms with Crippen LogP contribution in [0.15, 0.2) is 58.2 Å². The minimum Gasteiger partial charge on any atom is -0.351 e. The van der Waals surface area contributed by atoms with Crippen molar-refractivity contribution in [1.29, 1.82) is 0 Å². The molecule has 0 amide bonds. The summed E-state index contributed by atoms with van der Waals surface area (Å²) >= 11 is 0. The second-order valence-corrected chi connectivity index (χ2v) is 5.11. The zero-order valence-corrected chi connectivity index (χ0v) is 13.5. The topological polar surface area (TPSA) is 176 Å². The molecule has 0 aliphatic rings. The van der Waals surface area contributed by atoms with Crippen LogP contribution in [0.3, 0.4) is 0 Å². The predicted molar refractivity (Wildman–Crippen MR) is 94.2 cm³/mol. The number of hydrogen-bond acceptors (Lipinski definition) is 10. The highest BCUT2D eigenvalue weighted by molar-refractivity contribution is 6.10. The Morgan fingerprint density at radius 2 is 1.85 bits per heavy atom. The normalized spacial score (nSPS) is 11.2. The molecule has 3 aromatic rings. The number of nitrogens with one attached hydrogen (secondary N) is 1. The highest BCUT2D eigenvalue weighted by atomic mass is 16.6. The summed E-state index contributed by atoms with van der Waals surface area (Å²) in [6.07, 6.45) is 0. The molecule has 1 aromatic heterocycles. The molecular weight excluding hydrogens is 358 g/mol. The Kier molecular flexibility index (Phi) is 4.70. The molecule has 0 saturated heterocycles. The molecule has 0 aliphatic carbocycles. The number of nitrogens with zero attached hydrogens (tertiary/aromatic N) is 5. The molecule has 0 bridgehead atoms. The van der Waals surface area contributed by atoms with E-state index >= 15 is 0 Å². The summed E-state index contributed by atoms with van der Waals surface area (Å²) in [4.78, 5) is 24.5. The maximum absolute atomic E-state index is 11.2. The van der Waals surface area contributed by atoms with Crippen molar-refractivity contribution in [1.82, 2.24) is 10.1 Å². The van der Waals surface area contributed by atoms with Gasteiger partial charge in [-0.3, -0.25) is 25.7 Å². The van der Waals surface area contributed by atoms with Crippen LogP contribution in [0.2, 0.25) is 0 Å². The number of aromatic nitrogens is 2. The number of benzene rings is 2. The third-order valence-electron chi connectivity index (χ3n) is 3.38. The summed E-state index contributed by atoms with van der Waals surface area (Å²) in [6.45, 7) is 0. The zero-order chi connectivity index (χ0) is 19.4. The van der Waals surface area contributed by atoms with Gasteiger partial charge in [-0.15, -0.1) is 0 Å². The fourth-order valence-electron chi connectivity index (χ4n) is 2.17. The minimum absolute atomic E-state index is 0.0458. The number of anilines is 2. The lowest BCUT2D eigenvalue weighted by Crippen LogP contribution is -2.09. The first-order valence-electron chi connectivity index (χ1n) is 7.37. The van der Waals surface area contributed by atoms with Crippen molar-refractivity contribution in [3.05, 3.63) is 80.1 Å². The summed E-state index contributed by atoms with van der Waals surface area (Å²) in [5.74, 6) is 0.0655. The van der Waals surface area contributed by atoms with E-state index in [1.807, 2.05) is 0 Å². The van der Waals surface area contributed by atoms with Gasteiger partial charge in [0.2, 0.25) is 5.82 Å². The van der Waals surface area contributed by atoms with Crippen LogP contribution in [-0.4, -0.2) is 25.7 Å². The summed E-state index contributed by atoms with van der Waals surface area (Å²) in [6, 6.07) is 11.7.